The van der Waals surface area contributed by atoms with Crippen molar-refractivity contribution in [3.8, 4) is 5.88 Å². The maximum absolute atomic E-state index is 7.40. The van der Waals surface area contributed by atoms with Gasteiger partial charge in [-0.3, -0.25) is 0 Å². The fourth-order valence-electron chi connectivity index (χ4n) is 2.52. The van der Waals surface area contributed by atoms with Gasteiger partial charge < -0.3 is 10.1 Å². The van der Waals surface area contributed by atoms with E-state index in [2.05, 4.69) is 14.5 Å². The van der Waals surface area contributed by atoms with E-state index in [4.69, 9.17) is 11.3 Å². The molecule has 1 fully saturated rings. The number of anilines is 2. The molecule has 0 bridgehead atoms. The van der Waals surface area contributed by atoms with Gasteiger partial charge in [-0.2, -0.15) is 4.37 Å². The quantitative estimate of drug-likeness (QED) is 0.793. The highest BCUT2D eigenvalue weighted by molar-refractivity contribution is 7.11. The van der Waals surface area contributed by atoms with Gasteiger partial charge in [0.1, 0.15) is 5.00 Å². The molecule has 0 aliphatic heterocycles. The third-order valence-electron chi connectivity index (χ3n) is 3.61. The Hall–Kier alpha value is -2.06. The van der Waals surface area contributed by atoms with E-state index in [1.54, 1.807) is 0 Å². The van der Waals surface area contributed by atoms with Gasteiger partial charge in [-0.1, -0.05) is 24.6 Å². The van der Waals surface area contributed by atoms with Crippen LogP contribution in [0.2, 0.25) is 0 Å². The third kappa shape index (κ3) is 3.34. The van der Waals surface area contributed by atoms with Crippen LogP contribution in [-0.4, -0.2) is 10.5 Å². The monoisotopic (exact) mass is 299 g/mol. The zero-order valence-electron chi connectivity index (χ0n) is 11.7. The number of hydrogen-bond acceptors (Lipinski definition) is 4. The average molecular weight is 299 g/mol. The molecule has 21 heavy (non-hydrogen) atoms. The Labute approximate surface area is 128 Å². The molecule has 2 aromatic rings. The Morgan fingerprint density at radius 2 is 1.95 bits per heavy atom. The van der Waals surface area contributed by atoms with Crippen LogP contribution < -0.4 is 10.1 Å². The topological polar surface area (TPSA) is 38.5 Å². The Kier molecular flexibility index (Phi) is 4.37. The first-order valence-electron chi connectivity index (χ1n) is 7.22. The highest BCUT2D eigenvalue weighted by Crippen LogP contribution is 2.41. The largest absolute Gasteiger partial charge is 0.482 e. The van der Waals surface area contributed by atoms with Crippen LogP contribution in [0.1, 0.15) is 32.1 Å². The number of benzene rings is 1. The molecule has 1 aromatic carbocycles. The SMILES string of the molecule is [C-]#[N+]c1c(OC2CCCCC2)nsc1Nc1ccccc1. The number of rotatable bonds is 4. The van der Waals surface area contributed by atoms with Gasteiger partial charge in [-0.05, 0) is 49.3 Å². The van der Waals surface area contributed by atoms with Gasteiger partial charge in [-0.25, -0.2) is 4.85 Å². The lowest BCUT2D eigenvalue weighted by atomic mass is 9.98. The molecule has 1 heterocycles. The average Bonchev–Trinajstić information content (AvgIpc) is 2.91. The summed E-state index contributed by atoms with van der Waals surface area (Å²) in [4.78, 5) is 3.60. The highest BCUT2D eigenvalue weighted by Gasteiger charge is 2.21. The molecule has 0 amide bonds. The molecule has 0 saturated heterocycles. The van der Waals surface area contributed by atoms with E-state index in [0.29, 0.717) is 11.6 Å². The lowest BCUT2D eigenvalue weighted by Gasteiger charge is -2.21. The molecule has 3 rings (SSSR count). The highest BCUT2D eigenvalue weighted by atomic mass is 32.1. The minimum atomic E-state index is 0.214. The zero-order chi connectivity index (χ0) is 14.5. The minimum absolute atomic E-state index is 0.214. The number of para-hydroxylation sites is 1. The van der Waals surface area contributed by atoms with Crippen LogP contribution in [0.5, 0.6) is 5.88 Å². The van der Waals surface area contributed by atoms with E-state index in [1.165, 1.54) is 30.8 Å². The number of hydrogen-bond donors (Lipinski definition) is 1. The molecule has 5 heteroatoms. The number of ether oxygens (including phenoxy) is 1. The van der Waals surface area contributed by atoms with Crippen LogP contribution in [0, 0.1) is 6.57 Å². The van der Waals surface area contributed by atoms with Crippen molar-refractivity contribution >= 4 is 27.9 Å². The predicted octanol–water partition coefficient (Wildman–Crippen LogP) is 5.15. The van der Waals surface area contributed by atoms with Gasteiger partial charge in [0.2, 0.25) is 5.88 Å². The fourth-order valence-corrected chi connectivity index (χ4v) is 3.21. The first-order valence-corrected chi connectivity index (χ1v) is 8.00. The second kappa shape index (κ2) is 6.59. The van der Waals surface area contributed by atoms with Crippen molar-refractivity contribution in [3.05, 3.63) is 41.7 Å². The second-order valence-corrected chi connectivity index (χ2v) is 5.92. The van der Waals surface area contributed by atoms with Crippen LogP contribution in [0.15, 0.2) is 30.3 Å². The molecule has 1 aliphatic rings. The maximum Gasteiger partial charge on any atom is 0.282 e. The van der Waals surface area contributed by atoms with Gasteiger partial charge in [-0.15, -0.1) is 0 Å². The van der Waals surface area contributed by atoms with Crippen LogP contribution in [0.4, 0.5) is 16.4 Å². The number of nitrogens with one attached hydrogen (secondary N) is 1. The van der Waals surface area contributed by atoms with Crippen molar-refractivity contribution in [1.82, 2.24) is 4.37 Å². The molecule has 0 radical (unpaired) electrons. The van der Waals surface area contributed by atoms with Crippen molar-refractivity contribution < 1.29 is 4.74 Å². The summed E-state index contributed by atoms with van der Waals surface area (Å²) in [5.41, 5.74) is 1.45. The van der Waals surface area contributed by atoms with E-state index in [1.807, 2.05) is 30.3 Å². The minimum Gasteiger partial charge on any atom is -0.482 e. The smallest absolute Gasteiger partial charge is 0.282 e. The van der Waals surface area contributed by atoms with Gasteiger partial charge in [0.25, 0.3) is 5.69 Å². The van der Waals surface area contributed by atoms with E-state index < -0.39 is 0 Å². The summed E-state index contributed by atoms with van der Waals surface area (Å²) < 4.78 is 10.3. The summed E-state index contributed by atoms with van der Waals surface area (Å²) in [7, 11) is 0. The molecule has 0 atom stereocenters. The normalized spacial score (nSPS) is 15.4. The predicted molar refractivity (Wildman–Crippen MR) is 85.6 cm³/mol. The number of aromatic nitrogens is 1. The summed E-state index contributed by atoms with van der Waals surface area (Å²) >= 11 is 1.28. The van der Waals surface area contributed by atoms with Gasteiger partial charge in [0.15, 0.2) is 0 Å². The summed E-state index contributed by atoms with van der Waals surface area (Å²) in [6, 6.07) is 9.82. The van der Waals surface area contributed by atoms with Crippen molar-refractivity contribution in [2.24, 2.45) is 0 Å². The Morgan fingerprint density at radius 1 is 1.19 bits per heavy atom. The molecule has 108 valence electrons. The third-order valence-corrected chi connectivity index (χ3v) is 4.35. The summed E-state index contributed by atoms with van der Waals surface area (Å²) in [5, 5.41) is 4.00. The van der Waals surface area contributed by atoms with Crippen molar-refractivity contribution in [3.63, 3.8) is 0 Å². The number of nitrogens with zero attached hydrogens (tertiary/aromatic N) is 2. The van der Waals surface area contributed by atoms with Gasteiger partial charge in [0, 0.05) is 5.69 Å². The molecule has 0 unspecified atom stereocenters. The maximum atomic E-state index is 7.40. The standard InChI is InChI=1S/C16H17N3OS/c1-17-14-15(20-13-10-6-3-7-11-13)19-21-16(14)18-12-8-4-2-5-9-12/h2,4-5,8-9,13,18H,3,6-7,10-11H2. The zero-order valence-corrected chi connectivity index (χ0v) is 12.5. The first kappa shape index (κ1) is 13.9. The second-order valence-electron chi connectivity index (χ2n) is 5.15. The van der Waals surface area contributed by atoms with E-state index in [9.17, 15) is 0 Å². The van der Waals surface area contributed by atoms with Crippen LogP contribution in [-0.2, 0) is 0 Å². The van der Waals surface area contributed by atoms with Crippen LogP contribution >= 0.6 is 11.5 Å². The molecule has 1 saturated carbocycles. The van der Waals surface area contributed by atoms with E-state index >= 15 is 0 Å². The van der Waals surface area contributed by atoms with Crippen LogP contribution in [0.3, 0.4) is 0 Å². The molecule has 1 aliphatic carbocycles. The fraction of sp³-hybridized carbons (Fsp3) is 0.375. The summed E-state index contributed by atoms with van der Waals surface area (Å²) in [5.74, 6) is 0.486. The van der Waals surface area contributed by atoms with Crippen molar-refractivity contribution in [1.29, 1.82) is 0 Å². The van der Waals surface area contributed by atoms with E-state index in [0.717, 1.165) is 23.5 Å². The van der Waals surface area contributed by atoms with Gasteiger partial charge in [0.05, 0.1) is 12.7 Å². The molecule has 1 N–H and O–H groups in total. The molecule has 1 aromatic heterocycles. The molecule has 0 spiro atoms. The first-order chi connectivity index (χ1) is 10.4. The summed E-state index contributed by atoms with van der Waals surface area (Å²) in [6.07, 6.45) is 6.04. The Bertz CT molecular complexity index is 627. The lowest BCUT2D eigenvalue weighted by molar-refractivity contribution is 0.151. The Balaban J connectivity index is 1.75. The van der Waals surface area contributed by atoms with Crippen molar-refractivity contribution in [2.45, 2.75) is 38.2 Å². The van der Waals surface area contributed by atoms with Gasteiger partial charge >= 0.3 is 0 Å². The molecule has 4 nitrogen and oxygen atoms in total. The summed E-state index contributed by atoms with van der Waals surface area (Å²) in [6.45, 7) is 7.40. The van der Waals surface area contributed by atoms with Crippen LogP contribution in [0.25, 0.3) is 4.85 Å². The van der Waals surface area contributed by atoms with Crippen molar-refractivity contribution in [2.75, 3.05) is 5.32 Å². The van der Waals surface area contributed by atoms with E-state index in [-0.39, 0.29) is 6.10 Å². The lowest BCUT2D eigenvalue weighted by Crippen LogP contribution is -2.19. The molecular weight excluding hydrogens is 282 g/mol. The molecular formula is C16H17N3OS. The Morgan fingerprint density at radius 3 is 2.67 bits per heavy atom.